The minimum atomic E-state index is 0.727. The molecular formula is C7H9BrN2. The highest BCUT2D eigenvalue weighted by atomic mass is 79.9. The summed E-state index contributed by atoms with van der Waals surface area (Å²) in [7, 11) is 0. The number of pyridine rings is 1. The number of aromatic nitrogens is 1. The molecule has 0 radical (unpaired) electrons. The standard InChI is InChI=1S/C7H9BrN2/c1-4-3-6(8)7(9)5(2)10-4/h3H,9H2,1-2H3. The lowest BCUT2D eigenvalue weighted by Crippen LogP contribution is -1.95. The first-order valence-electron chi connectivity index (χ1n) is 3.00. The number of rotatable bonds is 0. The normalized spacial score (nSPS) is 9.90. The molecule has 0 saturated carbocycles. The van der Waals surface area contributed by atoms with Crippen LogP contribution in [0, 0.1) is 13.8 Å². The minimum Gasteiger partial charge on any atom is -0.396 e. The van der Waals surface area contributed by atoms with Gasteiger partial charge in [-0.05, 0) is 35.8 Å². The Hall–Kier alpha value is -0.570. The van der Waals surface area contributed by atoms with Crippen LogP contribution in [0.15, 0.2) is 10.5 Å². The van der Waals surface area contributed by atoms with Crippen LogP contribution in [-0.4, -0.2) is 4.98 Å². The van der Waals surface area contributed by atoms with Crippen LogP contribution in [0.25, 0.3) is 0 Å². The molecule has 0 saturated heterocycles. The Kier molecular flexibility index (Phi) is 1.94. The molecule has 1 aromatic rings. The molecule has 1 aromatic heterocycles. The lowest BCUT2D eigenvalue weighted by atomic mass is 10.3. The van der Waals surface area contributed by atoms with Crippen LogP contribution in [0.3, 0.4) is 0 Å². The van der Waals surface area contributed by atoms with Crippen molar-refractivity contribution in [2.75, 3.05) is 5.73 Å². The largest absolute Gasteiger partial charge is 0.396 e. The zero-order valence-electron chi connectivity index (χ0n) is 5.98. The van der Waals surface area contributed by atoms with Gasteiger partial charge in [0.25, 0.3) is 0 Å². The lowest BCUT2D eigenvalue weighted by molar-refractivity contribution is 1.12. The molecule has 3 heteroatoms. The van der Waals surface area contributed by atoms with Gasteiger partial charge in [0.2, 0.25) is 0 Å². The van der Waals surface area contributed by atoms with Crippen molar-refractivity contribution in [2.45, 2.75) is 13.8 Å². The van der Waals surface area contributed by atoms with Crippen molar-refractivity contribution in [3.05, 3.63) is 21.9 Å². The number of anilines is 1. The first kappa shape index (κ1) is 7.54. The van der Waals surface area contributed by atoms with Crippen molar-refractivity contribution in [1.82, 2.24) is 4.98 Å². The number of halogens is 1. The fraction of sp³-hybridized carbons (Fsp3) is 0.286. The Bertz CT molecular complexity index is 235. The van der Waals surface area contributed by atoms with E-state index in [1.807, 2.05) is 19.9 Å². The van der Waals surface area contributed by atoms with Gasteiger partial charge in [0.05, 0.1) is 11.4 Å². The summed E-state index contributed by atoms with van der Waals surface area (Å²) >= 11 is 3.33. The number of aryl methyl sites for hydroxylation is 2. The molecule has 2 N–H and O–H groups in total. The van der Waals surface area contributed by atoms with E-state index in [1.165, 1.54) is 0 Å². The molecule has 0 bridgehead atoms. The highest BCUT2D eigenvalue weighted by Gasteiger charge is 1.99. The zero-order valence-corrected chi connectivity index (χ0v) is 7.57. The van der Waals surface area contributed by atoms with Crippen molar-refractivity contribution >= 4 is 21.6 Å². The molecule has 0 aliphatic rings. The van der Waals surface area contributed by atoms with Gasteiger partial charge in [-0.2, -0.15) is 0 Å². The molecular weight excluding hydrogens is 192 g/mol. The summed E-state index contributed by atoms with van der Waals surface area (Å²) in [5, 5.41) is 0. The van der Waals surface area contributed by atoms with E-state index >= 15 is 0 Å². The third-order valence-electron chi connectivity index (χ3n) is 1.33. The smallest absolute Gasteiger partial charge is 0.0674 e. The number of nitrogens with two attached hydrogens (primary N) is 1. The summed E-state index contributed by atoms with van der Waals surface area (Å²) < 4.78 is 0.928. The molecule has 0 fully saturated rings. The van der Waals surface area contributed by atoms with Gasteiger partial charge in [-0.1, -0.05) is 0 Å². The second-order valence-corrected chi connectivity index (χ2v) is 3.10. The molecule has 0 unspecified atom stereocenters. The molecule has 1 rings (SSSR count). The maximum atomic E-state index is 5.64. The number of nitrogen functional groups attached to an aromatic ring is 1. The fourth-order valence-corrected chi connectivity index (χ4v) is 1.41. The third kappa shape index (κ3) is 1.29. The van der Waals surface area contributed by atoms with Crippen LogP contribution < -0.4 is 5.73 Å². The van der Waals surface area contributed by atoms with Crippen molar-refractivity contribution in [2.24, 2.45) is 0 Å². The number of nitrogens with zero attached hydrogens (tertiary/aromatic N) is 1. The molecule has 2 nitrogen and oxygen atoms in total. The molecule has 0 atom stereocenters. The van der Waals surface area contributed by atoms with Crippen molar-refractivity contribution < 1.29 is 0 Å². The van der Waals surface area contributed by atoms with Crippen LogP contribution in [0.2, 0.25) is 0 Å². The fourth-order valence-electron chi connectivity index (χ4n) is 0.791. The predicted molar refractivity (Wildman–Crippen MR) is 45.8 cm³/mol. The van der Waals surface area contributed by atoms with Crippen LogP contribution >= 0.6 is 15.9 Å². The summed E-state index contributed by atoms with van der Waals surface area (Å²) in [5.41, 5.74) is 8.23. The van der Waals surface area contributed by atoms with E-state index in [4.69, 9.17) is 5.73 Å². The molecule has 10 heavy (non-hydrogen) atoms. The Balaban J connectivity index is 3.31. The topological polar surface area (TPSA) is 38.9 Å². The molecule has 0 amide bonds. The van der Waals surface area contributed by atoms with Crippen LogP contribution in [-0.2, 0) is 0 Å². The quantitative estimate of drug-likeness (QED) is 0.697. The van der Waals surface area contributed by atoms with E-state index in [0.717, 1.165) is 21.5 Å². The first-order valence-corrected chi connectivity index (χ1v) is 3.80. The summed E-state index contributed by atoms with van der Waals surface area (Å²) in [4.78, 5) is 4.18. The third-order valence-corrected chi connectivity index (χ3v) is 1.98. The number of hydrogen-bond donors (Lipinski definition) is 1. The van der Waals surface area contributed by atoms with E-state index in [2.05, 4.69) is 20.9 Å². The molecule has 0 spiro atoms. The predicted octanol–water partition coefficient (Wildman–Crippen LogP) is 2.04. The number of hydrogen-bond acceptors (Lipinski definition) is 2. The van der Waals surface area contributed by atoms with E-state index in [1.54, 1.807) is 0 Å². The van der Waals surface area contributed by atoms with Gasteiger partial charge >= 0.3 is 0 Å². The average molecular weight is 201 g/mol. The van der Waals surface area contributed by atoms with Crippen LogP contribution in [0.4, 0.5) is 5.69 Å². The Labute approximate surface area is 68.6 Å². The van der Waals surface area contributed by atoms with Crippen molar-refractivity contribution in [3.8, 4) is 0 Å². The SMILES string of the molecule is Cc1cc(Br)c(N)c(C)n1. The first-order chi connectivity index (χ1) is 4.61. The van der Waals surface area contributed by atoms with Gasteiger partial charge in [-0.3, -0.25) is 4.98 Å². The molecule has 0 aliphatic carbocycles. The maximum Gasteiger partial charge on any atom is 0.0674 e. The second-order valence-electron chi connectivity index (χ2n) is 2.24. The second kappa shape index (κ2) is 2.58. The van der Waals surface area contributed by atoms with Gasteiger partial charge in [-0.25, -0.2) is 0 Å². The summed E-state index contributed by atoms with van der Waals surface area (Å²) in [5.74, 6) is 0. The summed E-state index contributed by atoms with van der Waals surface area (Å²) in [6.45, 7) is 3.84. The Morgan fingerprint density at radius 2 is 2.10 bits per heavy atom. The van der Waals surface area contributed by atoms with Gasteiger partial charge in [0, 0.05) is 10.2 Å². The van der Waals surface area contributed by atoms with Gasteiger partial charge in [0.15, 0.2) is 0 Å². The highest BCUT2D eigenvalue weighted by Crippen LogP contribution is 2.21. The van der Waals surface area contributed by atoms with E-state index < -0.39 is 0 Å². The van der Waals surface area contributed by atoms with E-state index in [9.17, 15) is 0 Å². The highest BCUT2D eigenvalue weighted by molar-refractivity contribution is 9.10. The Morgan fingerprint density at radius 1 is 1.50 bits per heavy atom. The van der Waals surface area contributed by atoms with Crippen LogP contribution in [0.1, 0.15) is 11.4 Å². The maximum absolute atomic E-state index is 5.64. The van der Waals surface area contributed by atoms with Gasteiger partial charge in [0.1, 0.15) is 0 Å². The monoisotopic (exact) mass is 200 g/mol. The van der Waals surface area contributed by atoms with Gasteiger partial charge < -0.3 is 5.73 Å². The summed E-state index contributed by atoms with van der Waals surface area (Å²) in [6.07, 6.45) is 0. The van der Waals surface area contributed by atoms with Crippen LogP contribution in [0.5, 0.6) is 0 Å². The minimum absolute atomic E-state index is 0.727. The molecule has 0 aromatic carbocycles. The van der Waals surface area contributed by atoms with Crippen molar-refractivity contribution in [1.29, 1.82) is 0 Å². The molecule has 1 heterocycles. The Morgan fingerprint density at radius 3 is 2.60 bits per heavy atom. The molecule has 54 valence electrons. The van der Waals surface area contributed by atoms with Gasteiger partial charge in [-0.15, -0.1) is 0 Å². The molecule has 0 aliphatic heterocycles. The van der Waals surface area contributed by atoms with Crippen molar-refractivity contribution in [3.63, 3.8) is 0 Å². The van der Waals surface area contributed by atoms with E-state index in [0.29, 0.717) is 0 Å². The summed E-state index contributed by atoms with van der Waals surface area (Å²) in [6, 6.07) is 1.91. The average Bonchev–Trinajstić information content (AvgIpc) is 1.82. The zero-order chi connectivity index (χ0) is 7.72. The van der Waals surface area contributed by atoms with E-state index in [-0.39, 0.29) is 0 Å². The lowest BCUT2D eigenvalue weighted by Gasteiger charge is -2.02.